The number of ether oxygens (including phenoxy) is 1. The largest absolute Gasteiger partial charge is 0.466 e. The molecular weight excluding hydrogens is 380 g/mol. The summed E-state index contributed by atoms with van der Waals surface area (Å²) in [5.41, 5.74) is 1.03. The zero-order valence-corrected chi connectivity index (χ0v) is 16.2. The van der Waals surface area contributed by atoms with Crippen molar-refractivity contribution in [3.05, 3.63) is 51.5 Å². The van der Waals surface area contributed by atoms with E-state index in [0.29, 0.717) is 47.0 Å². The Morgan fingerprint density at radius 2 is 2.07 bits per heavy atom. The lowest BCUT2D eigenvalue weighted by Gasteiger charge is -2.04. The molecule has 0 aliphatic carbocycles. The summed E-state index contributed by atoms with van der Waals surface area (Å²) in [6.45, 7) is 2.07. The molecule has 0 spiro atoms. The van der Waals surface area contributed by atoms with Gasteiger partial charge in [0.15, 0.2) is 5.13 Å². The zero-order valence-electron chi connectivity index (χ0n) is 15.4. The monoisotopic (exact) mass is 400 g/mol. The quantitative estimate of drug-likeness (QED) is 0.562. The van der Waals surface area contributed by atoms with Crippen molar-refractivity contribution in [2.24, 2.45) is 0 Å². The summed E-state index contributed by atoms with van der Waals surface area (Å²) in [5, 5.41) is 5.43. The number of fused-ring (bicyclic) bond motifs is 1. The Morgan fingerprint density at radius 1 is 1.25 bits per heavy atom. The fourth-order valence-electron chi connectivity index (χ4n) is 2.66. The molecule has 2 heterocycles. The van der Waals surface area contributed by atoms with Crippen molar-refractivity contribution >= 4 is 39.2 Å². The van der Waals surface area contributed by atoms with Crippen LogP contribution in [0.25, 0.3) is 10.9 Å². The molecule has 1 aromatic carbocycles. The highest BCUT2D eigenvalue weighted by molar-refractivity contribution is 7.13. The molecule has 0 atom stereocenters. The predicted octanol–water partition coefficient (Wildman–Crippen LogP) is 2.45. The minimum absolute atomic E-state index is 0.0845. The van der Waals surface area contributed by atoms with Gasteiger partial charge >= 0.3 is 5.97 Å². The molecule has 3 rings (SSSR count). The first kappa shape index (κ1) is 19.7. The molecule has 9 heteroatoms. The first-order valence-corrected chi connectivity index (χ1v) is 9.81. The summed E-state index contributed by atoms with van der Waals surface area (Å²) in [6.07, 6.45) is 1.37. The van der Waals surface area contributed by atoms with Crippen LogP contribution >= 0.6 is 11.3 Å². The number of aromatic nitrogens is 3. The number of aryl methyl sites for hydroxylation is 1. The van der Waals surface area contributed by atoms with Crippen molar-refractivity contribution in [2.45, 2.75) is 32.6 Å². The lowest BCUT2D eigenvalue weighted by Crippen LogP contribution is -2.14. The average Bonchev–Trinajstić information content (AvgIpc) is 3.08. The van der Waals surface area contributed by atoms with Crippen molar-refractivity contribution in [2.75, 3.05) is 11.9 Å². The number of nitrogens with zero attached hydrogens (tertiary/aromatic N) is 2. The molecule has 3 aromatic rings. The van der Waals surface area contributed by atoms with E-state index in [9.17, 15) is 14.4 Å². The highest BCUT2D eigenvalue weighted by Gasteiger charge is 2.11. The van der Waals surface area contributed by atoms with Gasteiger partial charge < -0.3 is 15.0 Å². The number of aromatic amines is 1. The number of amides is 1. The molecule has 1 amide bonds. The maximum Gasteiger partial charge on any atom is 0.311 e. The molecule has 2 N–H and O–H groups in total. The van der Waals surface area contributed by atoms with E-state index in [1.807, 2.05) is 6.07 Å². The minimum Gasteiger partial charge on any atom is -0.466 e. The Labute approximate surface area is 165 Å². The van der Waals surface area contributed by atoms with E-state index in [1.165, 1.54) is 11.3 Å². The van der Waals surface area contributed by atoms with Gasteiger partial charge in [-0.25, -0.2) is 9.97 Å². The van der Waals surface area contributed by atoms with E-state index < -0.39 is 0 Å². The van der Waals surface area contributed by atoms with Crippen molar-refractivity contribution in [3.8, 4) is 0 Å². The number of para-hydroxylation sites is 1. The van der Waals surface area contributed by atoms with Crippen LogP contribution in [0, 0.1) is 0 Å². The predicted molar refractivity (Wildman–Crippen MR) is 106 cm³/mol. The number of nitrogens with one attached hydrogen (secondary N) is 2. The van der Waals surface area contributed by atoms with Crippen LogP contribution in [0.1, 0.15) is 31.3 Å². The van der Waals surface area contributed by atoms with Gasteiger partial charge in [0, 0.05) is 18.2 Å². The number of H-pyrrole nitrogens is 1. The number of anilines is 1. The summed E-state index contributed by atoms with van der Waals surface area (Å²) >= 11 is 1.26. The van der Waals surface area contributed by atoms with Crippen LogP contribution in [-0.2, 0) is 27.2 Å². The lowest BCUT2D eigenvalue weighted by molar-refractivity contribution is -0.142. The smallest absolute Gasteiger partial charge is 0.311 e. The molecule has 0 radical (unpaired) electrons. The van der Waals surface area contributed by atoms with Gasteiger partial charge in [0.1, 0.15) is 5.82 Å². The third kappa shape index (κ3) is 5.23. The van der Waals surface area contributed by atoms with Crippen LogP contribution in [-0.4, -0.2) is 33.4 Å². The first-order valence-electron chi connectivity index (χ1n) is 8.93. The molecule has 0 fully saturated rings. The summed E-state index contributed by atoms with van der Waals surface area (Å²) in [5.74, 6) is 0.0326. The summed E-state index contributed by atoms with van der Waals surface area (Å²) in [7, 11) is 0. The number of benzene rings is 1. The van der Waals surface area contributed by atoms with Crippen molar-refractivity contribution in [1.82, 2.24) is 15.0 Å². The van der Waals surface area contributed by atoms with E-state index in [4.69, 9.17) is 4.74 Å². The Morgan fingerprint density at radius 3 is 2.89 bits per heavy atom. The number of esters is 1. The second-order valence-electron chi connectivity index (χ2n) is 6.06. The van der Waals surface area contributed by atoms with Crippen LogP contribution in [0.5, 0.6) is 0 Å². The Bertz CT molecular complexity index is 1040. The molecule has 8 nitrogen and oxygen atoms in total. The van der Waals surface area contributed by atoms with E-state index in [2.05, 4.69) is 20.3 Å². The van der Waals surface area contributed by atoms with Crippen molar-refractivity contribution in [1.29, 1.82) is 0 Å². The average molecular weight is 400 g/mol. The molecule has 28 heavy (non-hydrogen) atoms. The molecule has 0 saturated heterocycles. The molecule has 0 aliphatic rings. The van der Waals surface area contributed by atoms with Gasteiger partial charge in [-0.15, -0.1) is 11.3 Å². The Balaban J connectivity index is 1.49. The van der Waals surface area contributed by atoms with Gasteiger partial charge in [-0.2, -0.15) is 0 Å². The van der Waals surface area contributed by atoms with Crippen LogP contribution < -0.4 is 10.9 Å². The van der Waals surface area contributed by atoms with Crippen molar-refractivity contribution in [3.63, 3.8) is 0 Å². The number of carbonyl (C=O) groups is 2. The topological polar surface area (TPSA) is 114 Å². The molecule has 0 aliphatic heterocycles. The second kappa shape index (κ2) is 9.23. The van der Waals surface area contributed by atoms with Crippen LogP contribution in [0.4, 0.5) is 5.13 Å². The van der Waals surface area contributed by atoms with E-state index in [1.54, 1.807) is 30.5 Å². The van der Waals surface area contributed by atoms with Gasteiger partial charge in [-0.05, 0) is 25.5 Å². The molecule has 0 saturated carbocycles. The number of carbonyl (C=O) groups excluding carboxylic acids is 2. The van der Waals surface area contributed by atoms with Crippen LogP contribution in [0.15, 0.2) is 34.4 Å². The summed E-state index contributed by atoms with van der Waals surface area (Å²) < 4.78 is 4.87. The first-order chi connectivity index (χ1) is 13.5. The lowest BCUT2D eigenvalue weighted by atomic mass is 10.2. The fourth-order valence-corrected chi connectivity index (χ4v) is 3.38. The zero-order chi connectivity index (χ0) is 19.9. The third-order valence-corrected chi connectivity index (χ3v) is 4.71. The van der Waals surface area contributed by atoms with Gasteiger partial charge in [-0.1, -0.05) is 12.1 Å². The standard InChI is InChI=1S/C19H20N4O4S/c1-2-27-17(25)10-12-11-28-19(20-12)23-16(24)9-5-8-15-21-14-7-4-3-6-13(14)18(26)22-15/h3-4,6-7,11H,2,5,8-10H2,1H3,(H,20,23,24)(H,21,22,26). The third-order valence-electron chi connectivity index (χ3n) is 3.91. The summed E-state index contributed by atoms with van der Waals surface area (Å²) in [4.78, 5) is 47.0. The number of rotatable bonds is 8. The Hall–Kier alpha value is -3.07. The van der Waals surface area contributed by atoms with E-state index >= 15 is 0 Å². The van der Waals surface area contributed by atoms with E-state index in [0.717, 1.165) is 0 Å². The fraction of sp³-hybridized carbons (Fsp3) is 0.316. The van der Waals surface area contributed by atoms with Gasteiger partial charge in [0.2, 0.25) is 5.91 Å². The molecule has 0 bridgehead atoms. The Kier molecular flexibility index (Phi) is 6.49. The number of hydrogen-bond donors (Lipinski definition) is 2. The maximum atomic E-state index is 12.1. The van der Waals surface area contributed by atoms with Crippen molar-refractivity contribution < 1.29 is 14.3 Å². The number of hydrogen-bond acceptors (Lipinski definition) is 7. The molecule has 2 aromatic heterocycles. The summed E-state index contributed by atoms with van der Waals surface area (Å²) in [6, 6.07) is 7.13. The SMILES string of the molecule is CCOC(=O)Cc1csc(NC(=O)CCCc2nc3ccccc3c(=O)[nH]2)n1. The maximum absolute atomic E-state index is 12.1. The molecule has 0 unspecified atom stereocenters. The highest BCUT2D eigenvalue weighted by Crippen LogP contribution is 2.17. The minimum atomic E-state index is -0.345. The van der Waals surface area contributed by atoms with Gasteiger partial charge in [-0.3, -0.25) is 14.4 Å². The highest BCUT2D eigenvalue weighted by atomic mass is 32.1. The van der Waals surface area contributed by atoms with Crippen LogP contribution in [0.2, 0.25) is 0 Å². The second-order valence-corrected chi connectivity index (χ2v) is 6.92. The van der Waals surface area contributed by atoms with Gasteiger partial charge in [0.05, 0.1) is 29.6 Å². The molecule has 146 valence electrons. The normalized spacial score (nSPS) is 10.8. The number of thiazole rings is 1. The van der Waals surface area contributed by atoms with E-state index in [-0.39, 0.29) is 30.3 Å². The molecular formula is C19H20N4O4S. The van der Waals surface area contributed by atoms with Gasteiger partial charge in [0.25, 0.3) is 5.56 Å². The van der Waals surface area contributed by atoms with Crippen LogP contribution in [0.3, 0.4) is 0 Å².